The molecule has 1 aliphatic rings. The summed E-state index contributed by atoms with van der Waals surface area (Å²) in [7, 11) is -4.20. The minimum atomic E-state index is -4.20. The van der Waals surface area contributed by atoms with Crippen LogP contribution in [0.1, 0.15) is 48.8 Å². The van der Waals surface area contributed by atoms with Crippen LogP contribution in [0.4, 0.5) is 5.69 Å². The minimum absolute atomic E-state index is 0.00939. The van der Waals surface area contributed by atoms with E-state index in [1.807, 2.05) is 55.6 Å². The highest BCUT2D eigenvalue weighted by atomic mass is 35.5. The van der Waals surface area contributed by atoms with Crippen molar-refractivity contribution in [3.05, 3.63) is 124 Å². The summed E-state index contributed by atoms with van der Waals surface area (Å²) in [5, 5.41) is 3.90. The number of amides is 2. The van der Waals surface area contributed by atoms with Gasteiger partial charge >= 0.3 is 0 Å². The average Bonchev–Trinajstić information content (AvgIpc) is 3.11. The first-order valence-corrected chi connectivity index (χ1v) is 19.8. The van der Waals surface area contributed by atoms with Crippen molar-refractivity contribution in [2.24, 2.45) is 0 Å². The molecule has 49 heavy (non-hydrogen) atoms. The topological polar surface area (TPSA) is 86.8 Å². The molecular formula is C38H41Cl2N3O4S2. The smallest absolute Gasteiger partial charge is 0.264 e. The molecule has 4 aromatic rings. The minimum Gasteiger partial charge on any atom is -0.352 e. The highest BCUT2D eigenvalue weighted by Gasteiger charge is 2.35. The van der Waals surface area contributed by atoms with E-state index >= 15 is 0 Å². The molecule has 2 amide bonds. The molecule has 11 heteroatoms. The predicted molar refractivity (Wildman–Crippen MR) is 200 cm³/mol. The predicted octanol–water partition coefficient (Wildman–Crippen LogP) is 8.31. The van der Waals surface area contributed by atoms with Crippen molar-refractivity contribution in [2.75, 3.05) is 17.1 Å². The molecule has 0 aromatic heterocycles. The van der Waals surface area contributed by atoms with Crippen molar-refractivity contribution in [1.82, 2.24) is 10.2 Å². The fourth-order valence-corrected chi connectivity index (χ4v) is 8.19. The second-order valence-electron chi connectivity index (χ2n) is 12.3. The van der Waals surface area contributed by atoms with Crippen LogP contribution in [0, 0.1) is 6.92 Å². The first-order valence-electron chi connectivity index (χ1n) is 16.4. The quantitative estimate of drug-likeness (QED) is 0.140. The number of carbonyl (C=O) groups is 2. The molecule has 1 unspecified atom stereocenters. The van der Waals surface area contributed by atoms with Crippen LogP contribution in [-0.4, -0.2) is 50.0 Å². The lowest BCUT2D eigenvalue weighted by molar-refractivity contribution is -0.140. The van der Waals surface area contributed by atoms with Crippen molar-refractivity contribution in [2.45, 2.75) is 73.9 Å². The molecular weight excluding hydrogens is 697 g/mol. The number of rotatable bonds is 13. The number of aryl methyl sites for hydroxylation is 1. The summed E-state index contributed by atoms with van der Waals surface area (Å²) in [6.45, 7) is 1.39. The molecule has 1 saturated carbocycles. The third-order valence-electron chi connectivity index (χ3n) is 8.81. The standard InChI is InChI=1S/C38H41Cl2N3O4S2/c1-27-13-16-31(17-14-27)43(49(46,47)33-20-18-32(48-2)19-21-33)26-37(44)42(25-29-15-22-34(39)35(40)23-29)36(24-28-9-5-3-6-10-28)38(45)41-30-11-7-4-8-12-30/h3,5-6,9-10,13-23,30,36H,4,7-8,11-12,24-26H2,1-2H3,(H,41,45). The molecule has 0 aliphatic heterocycles. The van der Waals surface area contributed by atoms with Gasteiger partial charge in [0.15, 0.2) is 0 Å². The molecule has 0 bridgehead atoms. The number of sulfonamides is 1. The second-order valence-corrected chi connectivity index (χ2v) is 15.9. The number of hydrogen-bond donors (Lipinski definition) is 1. The first-order chi connectivity index (χ1) is 23.5. The Bertz CT molecular complexity index is 1830. The zero-order valence-corrected chi connectivity index (χ0v) is 30.8. The number of carbonyl (C=O) groups excluding carboxylic acids is 2. The van der Waals surface area contributed by atoms with Gasteiger partial charge in [-0.25, -0.2) is 8.42 Å². The van der Waals surface area contributed by atoms with Gasteiger partial charge < -0.3 is 10.2 Å². The Balaban J connectivity index is 1.57. The van der Waals surface area contributed by atoms with Gasteiger partial charge in [-0.05, 0) is 85.7 Å². The van der Waals surface area contributed by atoms with Crippen LogP contribution in [0.3, 0.4) is 0 Å². The molecule has 0 spiro atoms. The number of hydrogen-bond acceptors (Lipinski definition) is 5. The van der Waals surface area contributed by atoms with Crippen LogP contribution in [0.2, 0.25) is 10.0 Å². The summed E-state index contributed by atoms with van der Waals surface area (Å²) >= 11 is 14.1. The normalized spacial score (nSPS) is 14.2. The van der Waals surface area contributed by atoms with E-state index in [2.05, 4.69) is 5.32 Å². The Labute approximate surface area is 304 Å². The number of nitrogens with zero attached hydrogens (tertiary/aromatic N) is 2. The fourth-order valence-electron chi connectivity index (χ4n) is 6.05. The van der Waals surface area contributed by atoms with E-state index in [9.17, 15) is 18.0 Å². The maximum atomic E-state index is 14.7. The van der Waals surface area contributed by atoms with Gasteiger partial charge in [0.05, 0.1) is 20.6 Å². The molecule has 5 rings (SSSR count). The zero-order chi connectivity index (χ0) is 35.0. The van der Waals surface area contributed by atoms with Gasteiger partial charge in [-0.15, -0.1) is 11.8 Å². The molecule has 0 radical (unpaired) electrons. The maximum Gasteiger partial charge on any atom is 0.264 e. The molecule has 1 atom stereocenters. The van der Waals surface area contributed by atoms with Crippen molar-refractivity contribution >= 4 is 62.5 Å². The van der Waals surface area contributed by atoms with E-state index in [1.165, 1.54) is 16.7 Å². The van der Waals surface area contributed by atoms with Gasteiger partial charge in [0, 0.05) is 23.9 Å². The number of benzene rings is 4. The summed E-state index contributed by atoms with van der Waals surface area (Å²) in [5.74, 6) is -0.808. The maximum absolute atomic E-state index is 14.7. The Morgan fingerprint density at radius 3 is 2.16 bits per heavy atom. The third kappa shape index (κ3) is 9.60. The van der Waals surface area contributed by atoms with Gasteiger partial charge in [-0.3, -0.25) is 13.9 Å². The highest BCUT2D eigenvalue weighted by molar-refractivity contribution is 7.98. The Hall–Kier alpha value is -3.50. The van der Waals surface area contributed by atoms with E-state index in [1.54, 1.807) is 54.6 Å². The molecule has 0 saturated heterocycles. The number of anilines is 1. The van der Waals surface area contributed by atoms with E-state index in [-0.39, 0.29) is 29.8 Å². The summed E-state index contributed by atoms with van der Waals surface area (Å²) in [6.07, 6.45) is 7.09. The summed E-state index contributed by atoms with van der Waals surface area (Å²) in [4.78, 5) is 31.5. The number of halogens is 2. The van der Waals surface area contributed by atoms with E-state index in [0.29, 0.717) is 21.3 Å². The number of thioether (sulfide) groups is 1. The molecule has 258 valence electrons. The largest absolute Gasteiger partial charge is 0.352 e. The highest BCUT2D eigenvalue weighted by Crippen LogP contribution is 2.28. The van der Waals surface area contributed by atoms with Gasteiger partial charge in [0.2, 0.25) is 11.8 Å². The molecule has 1 N–H and O–H groups in total. The lowest BCUT2D eigenvalue weighted by Crippen LogP contribution is -2.55. The van der Waals surface area contributed by atoms with Crippen molar-refractivity contribution < 1.29 is 18.0 Å². The molecule has 7 nitrogen and oxygen atoms in total. The Kier molecular flexibility index (Phi) is 12.7. The van der Waals surface area contributed by atoms with Crippen LogP contribution in [0.15, 0.2) is 107 Å². The molecule has 1 aliphatic carbocycles. The van der Waals surface area contributed by atoms with Crippen molar-refractivity contribution in [1.29, 1.82) is 0 Å². The molecule has 4 aromatic carbocycles. The van der Waals surface area contributed by atoms with Crippen molar-refractivity contribution in [3.8, 4) is 0 Å². The first kappa shape index (κ1) is 36.8. The third-order valence-corrected chi connectivity index (χ3v) is 12.1. The van der Waals surface area contributed by atoms with Crippen LogP contribution in [0.5, 0.6) is 0 Å². The molecule has 1 fully saturated rings. The Morgan fingerprint density at radius 1 is 0.857 bits per heavy atom. The van der Waals surface area contributed by atoms with Crippen LogP contribution in [-0.2, 0) is 32.6 Å². The number of nitrogens with one attached hydrogen (secondary N) is 1. The lowest BCUT2D eigenvalue weighted by Gasteiger charge is -2.35. The van der Waals surface area contributed by atoms with Crippen molar-refractivity contribution in [3.63, 3.8) is 0 Å². The second kappa shape index (κ2) is 16.9. The monoisotopic (exact) mass is 737 g/mol. The summed E-state index contributed by atoms with van der Waals surface area (Å²) in [5.41, 5.74) is 2.81. The SMILES string of the molecule is CSc1ccc(S(=O)(=O)N(CC(=O)N(Cc2ccc(Cl)c(Cl)c2)C(Cc2ccccc2)C(=O)NC2CCCCC2)c2ccc(C)cc2)cc1. The fraction of sp³-hybridized carbons (Fsp3) is 0.316. The van der Waals surface area contributed by atoms with Crippen LogP contribution < -0.4 is 9.62 Å². The van der Waals surface area contributed by atoms with Gasteiger partial charge in [0.1, 0.15) is 12.6 Å². The molecule has 0 heterocycles. The zero-order valence-electron chi connectivity index (χ0n) is 27.6. The van der Waals surface area contributed by atoms with Gasteiger partial charge in [-0.2, -0.15) is 0 Å². The van der Waals surface area contributed by atoms with Crippen LogP contribution in [0.25, 0.3) is 0 Å². The van der Waals surface area contributed by atoms with E-state index in [4.69, 9.17) is 23.2 Å². The van der Waals surface area contributed by atoms with Gasteiger partial charge in [0.25, 0.3) is 10.0 Å². The lowest BCUT2D eigenvalue weighted by atomic mass is 9.94. The summed E-state index contributed by atoms with van der Waals surface area (Å²) in [6, 6.07) is 27.3. The Morgan fingerprint density at radius 2 is 1.53 bits per heavy atom. The van der Waals surface area contributed by atoms with Gasteiger partial charge in [-0.1, -0.05) is 96.6 Å². The average molecular weight is 739 g/mol. The summed E-state index contributed by atoms with van der Waals surface area (Å²) < 4.78 is 29.7. The van der Waals surface area contributed by atoms with E-state index in [0.717, 1.165) is 52.4 Å². The van der Waals surface area contributed by atoms with E-state index < -0.39 is 28.5 Å². The van der Waals surface area contributed by atoms with Crippen LogP contribution >= 0.6 is 35.0 Å².